The zero-order valence-electron chi connectivity index (χ0n) is 20.5. The smallest absolute Gasteiger partial charge is 0.310 e. The molecule has 3 aromatic rings. The third-order valence-electron chi connectivity index (χ3n) is 6.42. The fourth-order valence-corrected chi connectivity index (χ4v) is 4.39. The molecule has 11 heteroatoms. The standard InChI is InChI=1S/C26H25N5O6/c1-30-14-27-12-17(30)13-37-25-11-20-21(10-24(25)36-3)29-26(32)18-6-4-15(8-19(18)28-20)16-5-7-22(31(33)34)23(9-16)35-2/h5,7-12,14,28H,4,6,13H2,1-3H3,(H,29,32). The molecule has 0 unspecified atom stereocenters. The Kier molecular flexibility index (Phi) is 6.26. The van der Waals surface area contributed by atoms with Gasteiger partial charge in [0.1, 0.15) is 6.61 Å². The Morgan fingerprint density at radius 1 is 1.05 bits per heavy atom. The number of hydrogen-bond donors (Lipinski definition) is 2. The van der Waals surface area contributed by atoms with Gasteiger partial charge in [-0.3, -0.25) is 14.9 Å². The minimum absolute atomic E-state index is 0.101. The van der Waals surface area contributed by atoms with Gasteiger partial charge in [-0.15, -0.1) is 0 Å². The number of nitro benzene ring substituents is 1. The molecular weight excluding hydrogens is 478 g/mol. The van der Waals surface area contributed by atoms with Crippen LogP contribution in [0, 0.1) is 10.1 Å². The van der Waals surface area contributed by atoms with Crippen LogP contribution in [0.15, 0.2) is 60.2 Å². The number of allylic oxidation sites excluding steroid dienone is 2. The van der Waals surface area contributed by atoms with Crippen molar-refractivity contribution in [3.63, 3.8) is 0 Å². The molecule has 0 fully saturated rings. The summed E-state index contributed by atoms with van der Waals surface area (Å²) in [6.45, 7) is 0.290. The first-order valence-corrected chi connectivity index (χ1v) is 11.5. The second-order valence-electron chi connectivity index (χ2n) is 8.62. The molecule has 0 radical (unpaired) electrons. The number of imidazole rings is 1. The lowest BCUT2D eigenvalue weighted by molar-refractivity contribution is -0.385. The molecule has 0 saturated heterocycles. The van der Waals surface area contributed by atoms with Crippen molar-refractivity contribution in [2.45, 2.75) is 19.4 Å². The Hall–Kier alpha value is -4.80. The zero-order valence-corrected chi connectivity index (χ0v) is 20.5. The number of aryl methyl sites for hydroxylation is 1. The van der Waals surface area contributed by atoms with Gasteiger partial charge in [0, 0.05) is 36.5 Å². The van der Waals surface area contributed by atoms with Crippen LogP contribution in [0.2, 0.25) is 0 Å². The number of carbonyl (C=O) groups excluding carboxylic acids is 1. The van der Waals surface area contributed by atoms with Crippen LogP contribution in [0.3, 0.4) is 0 Å². The molecule has 1 aliphatic heterocycles. The highest BCUT2D eigenvalue weighted by Crippen LogP contribution is 2.42. The molecule has 2 aliphatic rings. The van der Waals surface area contributed by atoms with Crippen molar-refractivity contribution in [2.24, 2.45) is 7.05 Å². The Labute approximate surface area is 212 Å². The molecule has 2 heterocycles. The molecule has 2 aromatic carbocycles. The number of fused-ring (bicyclic) bond motifs is 1. The van der Waals surface area contributed by atoms with Crippen LogP contribution in [0.25, 0.3) is 5.57 Å². The van der Waals surface area contributed by atoms with E-state index in [1.54, 1.807) is 43.9 Å². The van der Waals surface area contributed by atoms with Crippen molar-refractivity contribution in [3.8, 4) is 17.2 Å². The van der Waals surface area contributed by atoms with E-state index in [0.29, 0.717) is 47.0 Å². The predicted molar refractivity (Wildman–Crippen MR) is 137 cm³/mol. The van der Waals surface area contributed by atoms with E-state index in [2.05, 4.69) is 15.6 Å². The highest BCUT2D eigenvalue weighted by atomic mass is 16.6. The number of rotatable bonds is 7. The summed E-state index contributed by atoms with van der Waals surface area (Å²) in [6.07, 6.45) is 6.41. The first-order chi connectivity index (χ1) is 17.9. The fourth-order valence-electron chi connectivity index (χ4n) is 4.39. The minimum Gasteiger partial charge on any atom is -0.493 e. The Balaban J connectivity index is 1.47. The molecular formula is C26H25N5O6. The van der Waals surface area contributed by atoms with E-state index < -0.39 is 4.92 Å². The first kappa shape index (κ1) is 23.9. The maximum absolute atomic E-state index is 13.1. The third kappa shape index (κ3) is 4.58. The Morgan fingerprint density at radius 2 is 1.81 bits per heavy atom. The minimum atomic E-state index is -0.477. The number of anilines is 2. The molecule has 2 N–H and O–H groups in total. The molecule has 0 bridgehead atoms. The molecule has 1 aliphatic carbocycles. The van der Waals surface area contributed by atoms with Gasteiger partial charge < -0.3 is 29.4 Å². The number of benzene rings is 2. The number of nitrogens with one attached hydrogen (secondary N) is 2. The normalized spacial score (nSPS) is 14.5. The molecule has 5 rings (SSSR count). The average molecular weight is 504 g/mol. The van der Waals surface area contributed by atoms with Crippen LogP contribution < -0.4 is 24.8 Å². The van der Waals surface area contributed by atoms with E-state index in [1.165, 1.54) is 13.2 Å². The summed E-state index contributed by atoms with van der Waals surface area (Å²) in [5.74, 6) is 0.969. The summed E-state index contributed by atoms with van der Waals surface area (Å²) in [6, 6.07) is 8.29. The topological polar surface area (TPSA) is 130 Å². The van der Waals surface area contributed by atoms with Gasteiger partial charge in [-0.05, 0) is 42.2 Å². The molecule has 1 aromatic heterocycles. The molecule has 1 amide bonds. The van der Waals surface area contributed by atoms with Crippen molar-refractivity contribution in [2.75, 3.05) is 24.9 Å². The molecule has 0 spiro atoms. The van der Waals surface area contributed by atoms with E-state index >= 15 is 0 Å². The van der Waals surface area contributed by atoms with Gasteiger partial charge in [0.25, 0.3) is 5.91 Å². The second kappa shape index (κ2) is 9.69. The average Bonchev–Trinajstić information content (AvgIpc) is 3.26. The van der Waals surface area contributed by atoms with Crippen molar-refractivity contribution >= 4 is 28.5 Å². The maximum atomic E-state index is 13.1. The highest BCUT2D eigenvalue weighted by molar-refractivity contribution is 6.09. The van der Waals surface area contributed by atoms with Gasteiger partial charge in [0.2, 0.25) is 0 Å². The van der Waals surface area contributed by atoms with Crippen molar-refractivity contribution in [1.82, 2.24) is 9.55 Å². The maximum Gasteiger partial charge on any atom is 0.310 e. The monoisotopic (exact) mass is 503 g/mol. The van der Waals surface area contributed by atoms with Gasteiger partial charge >= 0.3 is 5.69 Å². The number of nitrogens with zero attached hydrogens (tertiary/aromatic N) is 3. The number of ether oxygens (including phenoxy) is 3. The Morgan fingerprint density at radius 3 is 2.51 bits per heavy atom. The molecule has 190 valence electrons. The van der Waals surface area contributed by atoms with E-state index in [9.17, 15) is 14.9 Å². The molecule has 11 nitrogen and oxygen atoms in total. The quantitative estimate of drug-likeness (QED) is 0.358. The summed E-state index contributed by atoms with van der Waals surface area (Å²) < 4.78 is 18.6. The summed E-state index contributed by atoms with van der Waals surface area (Å²) in [5.41, 5.74) is 4.99. The summed E-state index contributed by atoms with van der Waals surface area (Å²) in [5, 5.41) is 17.6. The molecule has 0 atom stereocenters. The van der Waals surface area contributed by atoms with Gasteiger partial charge in [-0.2, -0.15) is 0 Å². The highest BCUT2D eigenvalue weighted by Gasteiger charge is 2.27. The lowest BCUT2D eigenvalue weighted by Crippen LogP contribution is -2.16. The van der Waals surface area contributed by atoms with Gasteiger partial charge in [-0.1, -0.05) is 0 Å². The molecule has 37 heavy (non-hydrogen) atoms. The van der Waals surface area contributed by atoms with Gasteiger partial charge in [0.05, 0.1) is 48.7 Å². The number of hydrogen-bond acceptors (Lipinski definition) is 8. The number of aromatic nitrogens is 2. The van der Waals surface area contributed by atoms with Crippen molar-refractivity contribution in [3.05, 3.63) is 81.6 Å². The van der Waals surface area contributed by atoms with Crippen molar-refractivity contribution in [1.29, 1.82) is 0 Å². The van der Waals surface area contributed by atoms with Crippen LogP contribution in [0.4, 0.5) is 17.1 Å². The second-order valence-corrected chi connectivity index (χ2v) is 8.62. The predicted octanol–water partition coefficient (Wildman–Crippen LogP) is 4.42. The first-order valence-electron chi connectivity index (χ1n) is 11.5. The lowest BCUT2D eigenvalue weighted by Gasteiger charge is -2.19. The number of carbonyl (C=O) groups is 1. The van der Waals surface area contributed by atoms with Crippen LogP contribution >= 0.6 is 0 Å². The van der Waals surface area contributed by atoms with Crippen LogP contribution in [-0.4, -0.2) is 34.6 Å². The summed E-state index contributed by atoms with van der Waals surface area (Å²) in [4.78, 5) is 28.0. The number of amides is 1. The van der Waals surface area contributed by atoms with Crippen molar-refractivity contribution < 1.29 is 23.9 Å². The number of methoxy groups -OCH3 is 2. The molecule has 0 saturated carbocycles. The lowest BCUT2D eigenvalue weighted by atomic mass is 9.90. The van der Waals surface area contributed by atoms with Crippen LogP contribution in [-0.2, 0) is 18.4 Å². The number of nitro groups is 1. The van der Waals surface area contributed by atoms with E-state index in [4.69, 9.17) is 14.2 Å². The van der Waals surface area contributed by atoms with E-state index in [-0.39, 0.29) is 24.0 Å². The fraction of sp³-hybridized carbons (Fsp3) is 0.231. The largest absolute Gasteiger partial charge is 0.493 e. The zero-order chi connectivity index (χ0) is 26.1. The van der Waals surface area contributed by atoms with Crippen LogP contribution in [0.1, 0.15) is 24.1 Å². The van der Waals surface area contributed by atoms with Crippen LogP contribution in [0.5, 0.6) is 17.2 Å². The summed E-state index contributed by atoms with van der Waals surface area (Å²) >= 11 is 0. The SMILES string of the molecule is COc1cc2c(cc1OCc1cncn1C)NC1=C(CCC(c3ccc([N+](=O)[O-])c(OC)c3)=C1)C(=O)N2. The van der Waals surface area contributed by atoms with Gasteiger partial charge in [0.15, 0.2) is 17.2 Å². The Bertz CT molecular complexity index is 1470. The van der Waals surface area contributed by atoms with E-state index in [1.807, 2.05) is 17.7 Å². The third-order valence-corrected chi connectivity index (χ3v) is 6.42. The van der Waals surface area contributed by atoms with E-state index in [0.717, 1.165) is 16.8 Å². The van der Waals surface area contributed by atoms with Gasteiger partial charge in [-0.25, -0.2) is 4.98 Å². The summed E-state index contributed by atoms with van der Waals surface area (Å²) in [7, 11) is 4.83.